The van der Waals surface area contributed by atoms with Crippen molar-refractivity contribution in [2.24, 2.45) is 0 Å². The third-order valence-corrected chi connectivity index (χ3v) is 5.92. The Morgan fingerprint density at radius 2 is 1.86 bits per heavy atom. The van der Waals surface area contributed by atoms with Gasteiger partial charge in [-0.05, 0) is 48.4 Å². The molecule has 2 aromatic rings. The first-order valence-corrected chi connectivity index (χ1v) is 10.3. The van der Waals surface area contributed by atoms with Crippen LogP contribution in [0.5, 0.6) is 0 Å². The smallest absolute Gasteiger partial charge is 0.322 e. The summed E-state index contributed by atoms with van der Waals surface area (Å²) < 4.78 is 0. The van der Waals surface area contributed by atoms with Gasteiger partial charge in [0, 0.05) is 31.9 Å². The van der Waals surface area contributed by atoms with E-state index < -0.39 is 0 Å². The molecule has 5 heteroatoms. The van der Waals surface area contributed by atoms with E-state index in [4.69, 9.17) is 0 Å². The van der Waals surface area contributed by atoms with E-state index in [9.17, 15) is 9.90 Å². The van der Waals surface area contributed by atoms with Crippen LogP contribution in [-0.2, 0) is 19.4 Å². The van der Waals surface area contributed by atoms with Gasteiger partial charge in [0.1, 0.15) is 0 Å². The summed E-state index contributed by atoms with van der Waals surface area (Å²) in [6.45, 7) is 2.95. The molecule has 0 aromatic heterocycles. The van der Waals surface area contributed by atoms with Crippen LogP contribution in [0.15, 0.2) is 48.5 Å². The minimum atomic E-state index is -0.183. The number of hydrogen-bond donors (Lipinski definition) is 2. The van der Waals surface area contributed by atoms with Gasteiger partial charge < -0.3 is 15.3 Å². The minimum absolute atomic E-state index is 0.0222. The van der Waals surface area contributed by atoms with Gasteiger partial charge in [-0.15, -0.1) is 0 Å². The summed E-state index contributed by atoms with van der Waals surface area (Å²) >= 11 is 0. The maximum absolute atomic E-state index is 13.0. The summed E-state index contributed by atoms with van der Waals surface area (Å²) in [6, 6.07) is 16.3. The predicted octanol–water partition coefficient (Wildman–Crippen LogP) is 3.28. The Morgan fingerprint density at radius 1 is 1.04 bits per heavy atom. The van der Waals surface area contributed by atoms with E-state index in [1.54, 1.807) is 4.90 Å². The van der Waals surface area contributed by atoms with Crippen LogP contribution >= 0.6 is 0 Å². The normalized spacial score (nSPS) is 19.9. The number of nitrogens with one attached hydrogen (secondary N) is 1. The van der Waals surface area contributed by atoms with E-state index >= 15 is 0 Å². The molecular weight excluding hydrogens is 350 g/mol. The number of fused-ring (bicyclic) bond motifs is 1. The number of carbonyl (C=O) groups is 1. The zero-order valence-corrected chi connectivity index (χ0v) is 16.3. The molecule has 0 saturated carbocycles. The fourth-order valence-electron chi connectivity index (χ4n) is 4.41. The number of piperazine rings is 1. The molecule has 2 amide bonds. The van der Waals surface area contributed by atoms with Gasteiger partial charge in [0.15, 0.2) is 0 Å². The standard InChI is InChI=1S/C23H29N3O2/c27-17-20-16-25(15-18-7-2-1-3-8-18)13-14-26(20)23(28)24-22-12-6-10-19-9-4-5-11-21(19)22/h1-3,6-8,10,12,20,27H,4-5,9,11,13-17H2,(H,24,28). The maximum atomic E-state index is 13.0. The molecule has 28 heavy (non-hydrogen) atoms. The van der Waals surface area contributed by atoms with E-state index in [1.807, 2.05) is 30.3 Å². The van der Waals surface area contributed by atoms with Gasteiger partial charge in [-0.1, -0.05) is 42.5 Å². The number of anilines is 1. The molecule has 0 bridgehead atoms. The largest absolute Gasteiger partial charge is 0.394 e. The molecule has 2 aromatic carbocycles. The quantitative estimate of drug-likeness (QED) is 0.857. The molecule has 2 aliphatic rings. The molecule has 1 saturated heterocycles. The van der Waals surface area contributed by atoms with Gasteiger partial charge >= 0.3 is 6.03 Å². The monoisotopic (exact) mass is 379 g/mol. The highest BCUT2D eigenvalue weighted by Crippen LogP contribution is 2.28. The number of nitrogens with zero attached hydrogens (tertiary/aromatic N) is 2. The number of amides is 2. The molecule has 0 radical (unpaired) electrons. The Morgan fingerprint density at radius 3 is 2.68 bits per heavy atom. The molecular formula is C23H29N3O2. The van der Waals surface area contributed by atoms with Gasteiger partial charge in [0.25, 0.3) is 0 Å². The van der Waals surface area contributed by atoms with Crippen molar-refractivity contribution in [2.45, 2.75) is 38.3 Å². The highest BCUT2D eigenvalue weighted by atomic mass is 16.3. The first-order valence-electron chi connectivity index (χ1n) is 10.3. The lowest BCUT2D eigenvalue weighted by atomic mass is 9.90. The molecule has 1 aliphatic carbocycles. The highest BCUT2D eigenvalue weighted by molar-refractivity contribution is 5.90. The number of aliphatic hydroxyl groups excluding tert-OH is 1. The van der Waals surface area contributed by atoms with Crippen LogP contribution in [-0.4, -0.2) is 53.2 Å². The third-order valence-electron chi connectivity index (χ3n) is 5.92. The molecule has 2 N–H and O–H groups in total. The summed E-state index contributed by atoms with van der Waals surface area (Å²) in [4.78, 5) is 17.1. The van der Waals surface area contributed by atoms with Gasteiger partial charge in [-0.3, -0.25) is 4.90 Å². The topological polar surface area (TPSA) is 55.8 Å². The number of aliphatic hydroxyl groups is 1. The number of carbonyl (C=O) groups excluding carboxylic acids is 1. The van der Waals surface area contributed by atoms with Crippen molar-refractivity contribution >= 4 is 11.7 Å². The molecule has 4 rings (SSSR count). The summed E-state index contributed by atoms with van der Waals surface area (Å²) in [5.41, 5.74) is 4.83. The zero-order chi connectivity index (χ0) is 19.3. The Kier molecular flexibility index (Phi) is 5.93. The third kappa shape index (κ3) is 4.21. The van der Waals surface area contributed by atoms with Crippen LogP contribution in [0.2, 0.25) is 0 Å². The predicted molar refractivity (Wildman–Crippen MR) is 111 cm³/mol. The van der Waals surface area contributed by atoms with Gasteiger partial charge in [0.2, 0.25) is 0 Å². The van der Waals surface area contributed by atoms with Crippen molar-refractivity contribution in [2.75, 3.05) is 31.6 Å². The van der Waals surface area contributed by atoms with Crippen molar-refractivity contribution < 1.29 is 9.90 Å². The molecule has 148 valence electrons. The second-order valence-electron chi connectivity index (χ2n) is 7.83. The fourth-order valence-corrected chi connectivity index (χ4v) is 4.41. The summed E-state index contributed by atoms with van der Waals surface area (Å²) in [6.07, 6.45) is 4.52. The SMILES string of the molecule is O=C(Nc1cccc2c1CCCC2)N1CCN(Cc2ccccc2)CC1CO. The lowest BCUT2D eigenvalue weighted by molar-refractivity contribution is 0.0623. The molecule has 1 aliphatic heterocycles. The number of aryl methyl sites for hydroxylation is 1. The number of benzene rings is 2. The molecule has 1 unspecified atom stereocenters. The van der Waals surface area contributed by atoms with Crippen molar-refractivity contribution in [1.29, 1.82) is 0 Å². The van der Waals surface area contributed by atoms with Crippen LogP contribution in [0.4, 0.5) is 10.5 Å². The van der Waals surface area contributed by atoms with Crippen LogP contribution in [0.3, 0.4) is 0 Å². The number of hydrogen-bond acceptors (Lipinski definition) is 3. The van der Waals surface area contributed by atoms with E-state index in [-0.39, 0.29) is 18.7 Å². The lowest BCUT2D eigenvalue weighted by Gasteiger charge is -2.40. The first-order chi connectivity index (χ1) is 13.7. The average Bonchev–Trinajstić information content (AvgIpc) is 2.74. The van der Waals surface area contributed by atoms with E-state index in [1.165, 1.54) is 29.5 Å². The van der Waals surface area contributed by atoms with Crippen molar-refractivity contribution in [1.82, 2.24) is 9.80 Å². The second kappa shape index (κ2) is 8.76. The Labute approximate surface area is 167 Å². The number of rotatable bonds is 4. The van der Waals surface area contributed by atoms with Crippen LogP contribution in [0.1, 0.15) is 29.5 Å². The van der Waals surface area contributed by atoms with E-state index in [0.717, 1.165) is 31.6 Å². The summed E-state index contributed by atoms with van der Waals surface area (Å²) in [5.74, 6) is 0. The molecule has 5 nitrogen and oxygen atoms in total. The van der Waals surface area contributed by atoms with Crippen LogP contribution in [0.25, 0.3) is 0 Å². The summed E-state index contributed by atoms with van der Waals surface area (Å²) in [7, 11) is 0. The lowest BCUT2D eigenvalue weighted by Crippen LogP contribution is -2.57. The van der Waals surface area contributed by atoms with Crippen molar-refractivity contribution in [3.8, 4) is 0 Å². The fraction of sp³-hybridized carbons (Fsp3) is 0.435. The van der Waals surface area contributed by atoms with Crippen LogP contribution in [0, 0.1) is 0 Å². The number of urea groups is 1. The van der Waals surface area contributed by atoms with Crippen molar-refractivity contribution in [3.63, 3.8) is 0 Å². The first kappa shape index (κ1) is 19.0. The molecule has 0 spiro atoms. The van der Waals surface area contributed by atoms with Gasteiger partial charge in [-0.25, -0.2) is 4.79 Å². The Bertz CT molecular complexity index is 809. The Balaban J connectivity index is 1.41. The van der Waals surface area contributed by atoms with Crippen molar-refractivity contribution in [3.05, 3.63) is 65.2 Å². The van der Waals surface area contributed by atoms with E-state index in [2.05, 4.69) is 28.4 Å². The Hall–Kier alpha value is -2.37. The van der Waals surface area contributed by atoms with Crippen LogP contribution < -0.4 is 5.32 Å². The highest BCUT2D eigenvalue weighted by Gasteiger charge is 2.30. The minimum Gasteiger partial charge on any atom is -0.394 e. The van der Waals surface area contributed by atoms with Gasteiger partial charge in [0.05, 0.1) is 12.6 Å². The second-order valence-corrected chi connectivity index (χ2v) is 7.83. The van der Waals surface area contributed by atoms with E-state index in [0.29, 0.717) is 13.1 Å². The molecule has 1 fully saturated rings. The average molecular weight is 380 g/mol. The zero-order valence-electron chi connectivity index (χ0n) is 16.3. The van der Waals surface area contributed by atoms with Gasteiger partial charge in [-0.2, -0.15) is 0 Å². The maximum Gasteiger partial charge on any atom is 0.322 e. The molecule has 1 heterocycles. The summed E-state index contributed by atoms with van der Waals surface area (Å²) in [5, 5.41) is 13.0. The molecule has 1 atom stereocenters.